The number of likely N-dealkylation sites (N-methyl/N-ethyl adjacent to an activating group) is 2. The van der Waals surface area contributed by atoms with Gasteiger partial charge in [-0.25, -0.2) is 0 Å². The molecule has 1 N–H and O–H groups in total. The second-order valence-corrected chi connectivity index (χ2v) is 11.8. The first-order valence-corrected chi connectivity index (χ1v) is 12.7. The second kappa shape index (κ2) is 12.0. The van der Waals surface area contributed by atoms with E-state index in [1.54, 1.807) is 21.0 Å². The molecule has 0 aromatic heterocycles. The highest BCUT2D eigenvalue weighted by Crippen LogP contribution is 2.34. The first-order valence-electron chi connectivity index (χ1n) is 12.7. The molecule has 2 rings (SSSR count). The van der Waals surface area contributed by atoms with Gasteiger partial charge in [0.25, 0.3) is 0 Å². The quantitative estimate of drug-likeness (QED) is 0.460. The first kappa shape index (κ1) is 30.1. The molecule has 8 atom stereocenters. The molecule has 9 heteroatoms. The fourth-order valence-corrected chi connectivity index (χ4v) is 5.55. The van der Waals surface area contributed by atoms with Crippen LogP contribution in [0.5, 0.6) is 0 Å². The Balaban J connectivity index is 2.33. The van der Waals surface area contributed by atoms with E-state index < -0.39 is 41.6 Å². The molecule has 2 heterocycles. The lowest BCUT2D eigenvalue weighted by Gasteiger charge is -2.42. The number of carbonyl (C=O) groups is 2. The van der Waals surface area contributed by atoms with Crippen LogP contribution in [0.4, 0.5) is 0 Å². The van der Waals surface area contributed by atoms with Crippen LogP contribution < -0.4 is 0 Å². The molecule has 0 aliphatic carbocycles. The Morgan fingerprint density at radius 2 is 1.71 bits per heavy atom. The monoisotopic (exact) mass is 500 g/mol. The number of ether oxygens (including phenoxy) is 4. The van der Waals surface area contributed by atoms with Crippen molar-refractivity contribution >= 4 is 11.8 Å². The zero-order valence-corrected chi connectivity index (χ0v) is 23.4. The van der Waals surface area contributed by atoms with Crippen LogP contribution in [0.3, 0.4) is 0 Å². The summed E-state index contributed by atoms with van der Waals surface area (Å²) in [4.78, 5) is 30.6. The van der Waals surface area contributed by atoms with Crippen molar-refractivity contribution in [3.05, 3.63) is 0 Å². The van der Waals surface area contributed by atoms with Gasteiger partial charge in [-0.3, -0.25) is 9.59 Å². The van der Waals surface area contributed by atoms with Crippen molar-refractivity contribution in [2.45, 2.75) is 97.2 Å². The van der Waals surface area contributed by atoms with Gasteiger partial charge in [0.2, 0.25) is 6.29 Å². The number of nitrogens with zero attached hydrogens (tertiary/aromatic N) is 2. The van der Waals surface area contributed by atoms with E-state index >= 15 is 0 Å². The van der Waals surface area contributed by atoms with Crippen molar-refractivity contribution in [3.63, 3.8) is 0 Å². The Morgan fingerprint density at radius 3 is 2.29 bits per heavy atom. The van der Waals surface area contributed by atoms with E-state index in [0.717, 1.165) is 6.42 Å². The van der Waals surface area contributed by atoms with Crippen molar-refractivity contribution < 1.29 is 33.6 Å². The lowest BCUT2D eigenvalue weighted by atomic mass is 9.76. The van der Waals surface area contributed by atoms with Gasteiger partial charge >= 0.3 is 5.97 Å². The third-order valence-electron chi connectivity index (χ3n) is 7.47. The number of ketones is 1. The standard InChI is InChI=1S/C26H48N2O7/c1-16-12-26(6,32-10)13-17(2)22(30)25(4,5)24(31)35-20(15-28(9)14-16)34-23-21(29)19(27(7)8)11-18(3)33-23/h16-21,23,29H,11-15H2,1-10H3/t16?,17?,18-,19+,20?,21-,23+,26?/m1/s1. The summed E-state index contributed by atoms with van der Waals surface area (Å²) in [5.74, 6) is -0.980. The van der Waals surface area contributed by atoms with Crippen LogP contribution in [-0.2, 0) is 28.5 Å². The molecule has 0 radical (unpaired) electrons. The highest BCUT2D eigenvalue weighted by atomic mass is 16.8. The van der Waals surface area contributed by atoms with E-state index in [9.17, 15) is 14.7 Å². The minimum Gasteiger partial charge on any atom is -0.433 e. The van der Waals surface area contributed by atoms with Gasteiger partial charge in [0.05, 0.1) is 18.2 Å². The molecule has 204 valence electrons. The molecule has 2 aliphatic heterocycles. The fraction of sp³-hybridized carbons (Fsp3) is 0.923. The normalized spacial score (nSPS) is 40.5. The number of carbonyl (C=O) groups excluding carboxylic acids is 2. The third kappa shape index (κ3) is 7.69. The largest absolute Gasteiger partial charge is 0.433 e. The highest BCUT2D eigenvalue weighted by molar-refractivity contribution is 6.03. The number of esters is 1. The second-order valence-electron chi connectivity index (χ2n) is 11.8. The Bertz CT molecular complexity index is 730. The highest BCUT2D eigenvalue weighted by Gasteiger charge is 2.45. The summed E-state index contributed by atoms with van der Waals surface area (Å²) >= 11 is 0. The molecular weight excluding hydrogens is 452 g/mol. The van der Waals surface area contributed by atoms with Crippen LogP contribution in [0.25, 0.3) is 0 Å². The predicted molar refractivity (Wildman–Crippen MR) is 133 cm³/mol. The minimum atomic E-state index is -1.36. The summed E-state index contributed by atoms with van der Waals surface area (Å²) in [7, 11) is 7.42. The number of hydrogen-bond acceptors (Lipinski definition) is 9. The maximum absolute atomic E-state index is 13.4. The van der Waals surface area contributed by atoms with E-state index in [2.05, 4.69) is 6.92 Å². The number of aliphatic hydroxyl groups is 1. The lowest BCUT2D eigenvalue weighted by Crippen LogP contribution is -2.56. The Morgan fingerprint density at radius 1 is 1.09 bits per heavy atom. The maximum atomic E-state index is 13.4. The fourth-order valence-electron chi connectivity index (χ4n) is 5.55. The SMILES string of the molecule is COC1(C)CC(C)CN(C)CC(O[C@@H]2O[C@H](C)C[C@H](N(C)C)[C@H]2O)OC(=O)C(C)(C)C(=O)C(C)C1. The van der Waals surface area contributed by atoms with Crippen LogP contribution in [-0.4, -0.2) is 104 Å². The van der Waals surface area contributed by atoms with E-state index in [1.807, 2.05) is 51.7 Å². The zero-order valence-electron chi connectivity index (χ0n) is 23.4. The first-order chi connectivity index (χ1) is 16.1. The van der Waals surface area contributed by atoms with Crippen molar-refractivity contribution in [3.8, 4) is 0 Å². The van der Waals surface area contributed by atoms with Crippen LogP contribution in [0.1, 0.15) is 60.8 Å². The lowest BCUT2D eigenvalue weighted by molar-refractivity contribution is -0.303. The number of rotatable bonds is 4. The van der Waals surface area contributed by atoms with E-state index in [0.29, 0.717) is 19.4 Å². The predicted octanol–water partition coefficient (Wildman–Crippen LogP) is 2.30. The smallest absolute Gasteiger partial charge is 0.321 e. The number of aliphatic hydroxyl groups excluding tert-OH is 1. The molecule has 0 amide bonds. The van der Waals surface area contributed by atoms with E-state index in [-0.39, 0.29) is 30.4 Å². The van der Waals surface area contributed by atoms with Gasteiger partial charge < -0.3 is 33.9 Å². The van der Waals surface area contributed by atoms with Gasteiger partial charge in [-0.05, 0) is 74.0 Å². The van der Waals surface area contributed by atoms with E-state index in [4.69, 9.17) is 18.9 Å². The number of cyclic esters (lactones) is 1. The molecule has 2 fully saturated rings. The zero-order chi connectivity index (χ0) is 26.7. The molecular formula is C26H48N2O7. The summed E-state index contributed by atoms with van der Waals surface area (Å²) in [5.41, 5.74) is -1.85. The van der Waals surface area contributed by atoms with Gasteiger partial charge in [0.1, 0.15) is 11.5 Å². The summed E-state index contributed by atoms with van der Waals surface area (Å²) in [6, 6.07) is -0.155. The molecule has 0 saturated carbocycles. The van der Waals surface area contributed by atoms with Crippen LogP contribution in [0.2, 0.25) is 0 Å². The molecule has 2 saturated heterocycles. The van der Waals surface area contributed by atoms with Crippen LogP contribution in [0.15, 0.2) is 0 Å². The van der Waals surface area contributed by atoms with Crippen molar-refractivity contribution in [2.24, 2.45) is 17.3 Å². The Hall–Kier alpha value is -1.10. The summed E-state index contributed by atoms with van der Waals surface area (Å²) in [6.07, 6.45) is -1.08. The number of Topliss-reactive ketones (excluding diaryl/α,β-unsaturated/α-hetero) is 1. The molecule has 4 unspecified atom stereocenters. The van der Waals surface area contributed by atoms with Gasteiger partial charge in [-0.2, -0.15) is 0 Å². The molecule has 2 aliphatic rings. The van der Waals surface area contributed by atoms with Crippen molar-refractivity contribution in [1.29, 1.82) is 0 Å². The summed E-state index contributed by atoms with van der Waals surface area (Å²) in [6.45, 7) is 12.1. The number of hydrogen-bond donors (Lipinski definition) is 1. The topological polar surface area (TPSA) is 97.8 Å². The van der Waals surface area contributed by atoms with E-state index in [1.165, 1.54) is 0 Å². The van der Waals surface area contributed by atoms with Crippen LogP contribution in [0, 0.1) is 17.3 Å². The van der Waals surface area contributed by atoms with Crippen LogP contribution >= 0.6 is 0 Å². The molecule has 0 aromatic rings. The summed E-state index contributed by atoms with van der Waals surface area (Å²) < 4.78 is 23.7. The summed E-state index contributed by atoms with van der Waals surface area (Å²) in [5, 5.41) is 10.9. The van der Waals surface area contributed by atoms with Gasteiger partial charge in [-0.1, -0.05) is 13.8 Å². The average molecular weight is 501 g/mol. The molecule has 9 nitrogen and oxygen atoms in total. The van der Waals surface area contributed by atoms with Gasteiger partial charge in [-0.15, -0.1) is 0 Å². The van der Waals surface area contributed by atoms with Crippen molar-refractivity contribution in [2.75, 3.05) is 41.3 Å². The Kier molecular flexibility index (Phi) is 10.3. The maximum Gasteiger partial charge on any atom is 0.321 e. The molecule has 35 heavy (non-hydrogen) atoms. The van der Waals surface area contributed by atoms with Gasteiger partial charge in [0, 0.05) is 25.6 Å². The molecule has 0 aromatic carbocycles. The minimum absolute atomic E-state index is 0.135. The number of methoxy groups -OCH3 is 1. The Labute approximate surface area is 211 Å². The third-order valence-corrected chi connectivity index (χ3v) is 7.47. The van der Waals surface area contributed by atoms with Crippen molar-refractivity contribution in [1.82, 2.24) is 9.80 Å². The average Bonchev–Trinajstić information content (AvgIpc) is 2.74. The molecule has 0 spiro atoms. The molecule has 0 bridgehead atoms. The van der Waals surface area contributed by atoms with Gasteiger partial charge in [0.15, 0.2) is 12.1 Å².